The molecule has 117 heavy (non-hydrogen) atoms. The molecule has 0 spiro atoms. The number of hydrogen-bond donors (Lipinski definition) is 5. The first-order chi connectivity index (χ1) is 51.2. The summed E-state index contributed by atoms with van der Waals surface area (Å²) in [5.41, 5.74) is 14.9. The van der Waals surface area contributed by atoms with Gasteiger partial charge in [0.25, 0.3) is 0 Å². The molecule has 706 valence electrons. The first kappa shape index (κ1) is 120. The summed E-state index contributed by atoms with van der Waals surface area (Å²) in [5.74, 6) is -80.6. The predicted octanol–water partition coefficient (Wildman–Crippen LogP) is 10.3. The summed E-state index contributed by atoms with van der Waals surface area (Å²) in [5, 5.41) is 27.7. The first-order valence-electron chi connectivity index (χ1n) is 27.6. The summed E-state index contributed by atoms with van der Waals surface area (Å²) >= 11 is 0. The molecule has 6 unspecified atom stereocenters. The molecule has 0 aliphatic heterocycles. The number of hydrogen-bond acceptors (Lipinski definition) is 19. The number of carbonyl (C=O) groups is 3. The maximum absolute atomic E-state index is 13.6. The number of carboxylic acid groups (broad SMARTS) is 2. The number of ether oxygens (including phenoxy) is 12. The lowest BCUT2D eigenvalue weighted by Crippen LogP contribution is -2.78. The number of quaternary nitrogens is 2. The topological polar surface area (TPSA) is 325 Å². The zero-order chi connectivity index (χ0) is 95.2. The van der Waals surface area contributed by atoms with Crippen molar-refractivity contribution in [2.24, 2.45) is 11.5 Å². The minimum Gasteiger partial charge on any atom is -0.636 e. The molecule has 6 atom stereocenters. The largest absolute Gasteiger partial charge is 0.636 e. The summed E-state index contributed by atoms with van der Waals surface area (Å²) in [4.78, 5) is 30.6. The highest BCUT2D eigenvalue weighted by molar-refractivity contribution is 5.84. The zero-order valence-electron chi connectivity index (χ0n) is 54.9. The molecule has 0 aliphatic carbocycles. The molecule has 0 aliphatic rings. The van der Waals surface area contributed by atoms with E-state index in [1.807, 2.05) is 0 Å². The fourth-order valence-corrected chi connectivity index (χ4v) is 5.04. The Balaban J connectivity index is -0.000000464. The molecule has 0 aromatic carbocycles. The van der Waals surface area contributed by atoms with E-state index in [0.717, 1.165) is 12.0 Å². The molecule has 0 aromatic heterocycles. The fraction of sp³-hybridized carbons (Fsp3) is 0.932. The van der Waals surface area contributed by atoms with Crippen molar-refractivity contribution in [3.8, 4) is 0 Å². The molecular weight excluding hydrogens is 1840 g/mol. The van der Waals surface area contributed by atoms with Crippen molar-refractivity contribution in [1.82, 2.24) is 0 Å². The van der Waals surface area contributed by atoms with Gasteiger partial charge in [0.2, 0.25) is 5.78 Å². The molecule has 10 N–H and O–H groups in total. The van der Waals surface area contributed by atoms with Gasteiger partial charge in [-0.05, 0) is 0 Å². The Kier molecular flexibility index (Phi) is 43.5. The molecule has 0 fully saturated rings. The van der Waals surface area contributed by atoms with Crippen LogP contribution in [0.1, 0.15) is 6.92 Å². The summed E-state index contributed by atoms with van der Waals surface area (Å²) in [7, 11) is 0. The van der Waals surface area contributed by atoms with Gasteiger partial charge in [-0.3, -0.25) is 33.2 Å². The maximum Gasteiger partial charge on any atom is 0.462 e. The quantitative estimate of drug-likeness (QED) is 0.0215. The van der Waals surface area contributed by atoms with Crippen molar-refractivity contribution in [3.63, 3.8) is 0 Å². The van der Waals surface area contributed by atoms with Crippen LogP contribution in [-0.4, -0.2) is 273 Å². The summed E-state index contributed by atoms with van der Waals surface area (Å²) in [6.45, 7) is 8.69. The highest BCUT2D eigenvalue weighted by Gasteiger charge is 2.89. The number of alkyl halides is 51. The van der Waals surface area contributed by atoms with Gasteiger partial charge < -0.3 is 71.3 Å². The van der Waals surface area contributed by atoms with Crippen LogP contribution >= 0.6 is 0 Å². The van der Waals surface area contributed by atoms with E-state index < -0.39 is 170 Å². The minimum absolute atomic E-state index is 0.451. The Morgan fingerprint density at radius 1 is 0.299 bits per heavy atom. The number of Topliss-reactive ketones (excluding diaryl/α,β-unsaturated/α-hetero) is 1. The van der Waals surface area contributed by atoms with E-state index in [4.69, 9.17) is 45.0 Å². The Morgan fingerprint density at radius 3 is 0.675 bits per heavy atom. The third-order valence-electron chi connectivity index (χ3n) is 10.8. The van der Waals surface area contributed by atoms with Gasteiger partial charge in [-0.2, -0.15) is 224 Å². The third kappa shape index (κ3) is 31.0. The van der Waals surface area contributed by atoms with Crippen LogP contribution in [0.4, 0.5) is 224 Å². The van der Waals surface area contributed by atoms with Crippen LogP contribution in [0.25, 0.3) is 0 Å². The number of rotatable bonds is 42. The summed E-state index contributed by atoms with van der Waals surface area (Å²) in [6, 6.07) is 0. The molecule has 0 radical (unpaired) electrons. The average molecular weight is 1890 g/mol. The SMILES string of the molecule is CC(=O)C(F)(OC(F)(F)C(F)(OC(F)(F)C(F)(F)C(F)(F)F)C(F)(F)F)C(F)(F)F.NCCOCCOCCOCCN.O=C(O)C(F)(OC(F)(F)C(F)(OC(F)(F)C(F)(F)C(F)(F)F)C(F)(F)F)C(F)(F)F.O=C([O-])C(F)(OC(F)(F)C(F)(OC(F)(F)C(F)(F)C(F)(F)F)C(F)(F)F)C(F)(F)F.[NH3+]CCOCCOCCOCC[NH2+][O-]. The van der Waals surface area contributed by atoms with E-state index in [-0.39, 0.29) is 0 Å². The van der Waals surface area contributed by atoms with Crippen molar-refractivity contribution in [3.05, 3.63) is 5.21 Å². The second-order valence-electron chi connectivity index (χ2n) is 19.7. The van der Waals surface area contributed by atoms with Gasteiger partial charge in [-0.25, -0.2) is 4.79 Å². The number of hydroxylamine groups is 1. The highest BCUT2D eigenvalue weighted by atomic mass is 19.5. The molecule has 0 rings (SSSR count). The Labute approximate surface area is 609 Å². The van der Waals surface area contributed by atoms with Gasteiger partial charge in [-0.1, -0.05) is 0 Å². The van der Waals surface area contributed by atoms with Crippen LogP contribution in [0.2, 0.25) is 0 Å². The van der Waals surface area contributed by atoms with Gasteiger partial charge in [0, 0.05) is 20.0 Å². The summed E-state index contributed by atoms with van der Waals surface area (Å²) < 4.78 is 680. The van der Waals surface area contributed by atoms with E-state index >= 15 is 0 Å². The van der Waals surface area contributed by atoms with Crippen molar-refractivity contribution < 1.29 is 317 Å². The lowest BCUT2D eigenvalue weighted by Gasteiger charge is -2.40. The van der Waals surface area contributed by atoms with E-state index in [0.29, 0.717) is 98.9 Å². The average Bonchev–Trinajstić information content (AvgIpc) is 0.732. The van der Waals surface area contributed by atoms with E-state index in [1.165, 1.54) is 23.7 Å². The lowest BCUT2D eigenvalue weighted by atomic mass is 10.2. The van der Waals surface area contributed by atoms with Gasteiger partial charge in [0.05, 0.1) is 92.4 Å². The van der Waals surface area contributed by atoms with Crippen LogP contribution < -0.4 is 27.8 Å². The molecule has 0 amide bonds. The second-order valence-corrected chi connectivity index (χ2v) is 19.7. The smallest absolute Gasteiger partial charge is 0.462 e. The van der Waals surface area contributed by atoms with E-state index in [1.54, 1.807) is 4.74 Å². The van der Waals surface area contributed by atoms with Crippen LogP contribution in [0, 0.1) is 5.21 Å². The molecule has 73 heteroatoms. The van der Waals surface area contributed by atoms with Crippen LogP contribution in [0.5, 0.6) is 0 Å². The van der Waals surface area contributed by atoms with E-state index in [2.05, 4.69) is 5.73 Å². The molecule has 0 bridgehead atoms. The summed E-state index contributed by atoms with van der Waals surface area (Å²) in [6.07, 6.45) is -116. The number of aliphatic carboxylic acids is 2. The van der Waals surface area contributed by atoms with Crippen molar-refractivity contribution >= 4 is 17.7 Å². The zero-order valence-corrected chi connectivity index (χ0v) is 54.9. The third-order valence-corrected chi connectivity index (χ3v) is 10.8. The minimum atomic E-state index is -8.11. The number of carboxylic acids is 2. The van der Waals surface area contributed by atoms with Gasteiger partial charge >= 0.3 is 151 Å². The Bertz CT molecular complexity index is 2660. The standard InChI is InChI=1S/C10H3F17O3.2C9HF17O4.C8H20N2O4.C8H20N2O3/c1-2(28)3(11,6(15,16)17)29-10(26,27)5(14,8(21,22)23)30-9(24,25)4(12,13)7(18,19)20;2*10-2(1(27)28,5(14,15)16)29-9(25,26)4(13,7(20,21)22)30-8(23,24)3(11,12)6(17,18)19;9-1-3-12-5-7-14-8-6-13-4-2-10-11;9-1-3-11-5-7-13-8-6-12-4-2-10/h1H3;2*(H,27,28);1-10H2;1-10H2. The van der Waals surface area contributed by atoms with Crippen LogP contribution in [0.15, 0.2) is 0 Å². The molecule has 0 aromatic rings. The first-order valence-corrected chi connectivity index (χ1v) is 27.6. The van der Waals surface area contributed by atoms with Crippen molar-refractivity contribution in [2.45, 2.75) is 152 Å². The number of nitrogens with two attached hydrogens (primary N) is 3. The number of ketones is 1. The highest BCUT2D eigenvalue weighted by Crippen LogP contribution is 2.61. The monoisotopic (exact) mass is 1890 g/mol. The Hall–Kier alpha value is -5.64. The maximum atomic E-state index is 13.6. The molecule has 22 nitrogen and oxygen atoms in total. The predicted molar refractivity (Wildman–Crippen MR) is 253 cm³/mol. The fourth-order valence-electron chi connectivity index (χ4n) is 5.04. The number of halogens is 51. The van der Waals surface area contributed by atoms with Gasteiger partial charge in [0.1, 0.15) is 5.97 Å². The van der Waals surface area contributed by atoms with Crippen LogP contribution in [-0.2, 0) is 71.2 Å². The normalized spacial score (nSPS) is 17.3. The van der Waals surface area contributed by atoms with Crippen LogP contribution in [0.3, 0.4) is 0 Å². The van der Waals surface area contributed by atoms with E-state index in [9.17, 15) is 249 Å². The number of carbonyl (C=O) groups excluding carboxylic acids is 2. The molecular formula is C44H45F51N4O18. The van der Waals surface area contributed by atoms with Gasteiger partial charge in [0.15, 0.2) is 0 Å². The molecule has 0 saturated carbocycles. The van der Waals surface area contributed by atoms with Gasteiger partial charge in [-0.15, -0.1) is 0 Å². The van der Waals surface area contributed by atoms with Crippen molar-refractivity contribution in [2.75, 3.05) is 105 Å². The lowest BCUT2D eigenvalue weighted by molar-refractivity contribution is -0.590. The molecule has 0 heterocycles. The van der Waals surface area contributed by atoms with Crippen molar-refractivity contribution in [1.29, 1.82) is 0 Å². The Morgan fingerprint density at radius 2 is 0.504 bits per heavy atom. The second kappa shape index (κ2) is 42.4. The molecule has 0 saturated heterocycles.